The highest BCUT2D eigenvalue weighted by Crippen LogP contribution is 2.30. The van der Waals surface area contributed by atoms with Crippen LogP contribution in [0, 0.1) is 0 Å². The Bertz CT molecular complexity index is 423. The summed E-state index contributed by atoms with van der Waals surface area (Å²) < 4.78 is 42.8. The van der Waals surface area contributed by atoms with Crippen molar-refractivity contribution in [2.75, 3.05) is 6.54 Å². The highest BCUT2D eigenvalue weighted by atomic mass is 79.9. The molecule has 6 heteroatoms. The molecule has 0 aromatic heterocycles. The molecule has 1 N–H and O–H groups in total. The van der Waals surface area contributed by atoms with Crippen LogP contribution in [0.15, 0.2) is 22.7 Å². The summed E-state index contributed by atoms with van der Waals surface area (Å²) >= 11 is 3.36. The highest BCUT2D eigenvalue weighted by Gasteiger charge is 2.38. The van der Waals surface area contributed by atoms with E-state index in [1.165, 1.54) is 0 Å². The number of hydrogen-bond acceptors (Lipinski definition) is 2. The Labute approximate surface area is 119 Å². The standard InChI is InChI=1S/C13H17BrF3NO/c1-4-18-8(2)11-6-5-10(7-12(11)14)19-9(3)13(15,16)17/h5-9,18H,4H2,1-3H3. The van der Waals surface area contributed by atoms with Crippen LogP contribution in [0.2, 0.25) is 0 Å². The van der Waals surface area contributed by atoms with E-state index in [1.54, 1.807) is 18.2 Å². The van der Waals surface area contributed by atoms with E-state index in [4.69, 9.17) is 4.74 Å². The van der Waals surface area contributed by atoms with Crippen molar-refractivity contribution in [2.45, 2.75) is 39.1 Å². The Morgan fingerprint density at radius 2 is 1.95 bits per heavy atom. The Morgan fingerprint density at radius 3 is 2.42 bits per heavy atom. The van der Waals surface area contributed by atoms with Crippen LogP contribution < -0.4 is 10.1 Å². The van der Waals surface area contributed by atoms with Gasteiger partial charge in [-0.05, 0) is 38.1 Å². The maximum Gasteiger partial charge on any atom is 0.425 e. The second-order valence-electron chi connectivity index (χ2n) is 4.26. The zero-order valence-electron chi connectivity index (χ0n) is 11.0. The van der Waals surface area contributed by atoms with Crippen LogP contribution in [-0.4, -0.2) is 18.8 Å². The predicted octanol–water partition coefficient (Wildman–Crippen LogP) is 4.45. The van der Waals surface area contributed by atoms with Crippen LogP contribution in [0.3, 0.4) is 0 Å². The van der Waals surface area contributed by atoms with E-state index >= 15 is 0 Å². The summed E-state index contributed by atoms with van der Waals surface area (Å²) in [7, 11) is 0. The number of nitrogens with one attached hydrogen (secondary N) is 1. The Morgan fingerprint density at radius 1 is 1.32 bits per heavy atom. The number of benzene rings is 1. The predicted molar refractivity (Wildman–Crippen MR) is 72.4 cm³/mol. The molecule has 0 aliphatic rings. The van der Waals surface area contributed by atoms with Crippen molar-refractivity contribution >= 4 is 15.9 Å². The Kier molecular flexibility index (Phi) is 5.67. The van der Waals surface area contributed by atoms with Crippen LogP contribution in [-0.2, 0) is 0 Å². The van der Waals surface area contributed by atoms with Gasteiger partial charge >= 0.3 is 6.18 Å². The van der Waals surface area contributed by atoms with Gasteiger partial charge in [-0.15, -0.1) is 0 Å². The molecular formula is C13H17BrF3NO. The first-order chi connectivity index (χ1) is 8.75. The maximum atomic E-state index is 12.4. The minimum absolute atomic E-state index is 0.119. The van der Waals surface area contributed by atoms with Gasteiger partial charge in [-0.25, -0.2) is 0 Å². The van der Waals surface area contributed by atoms with Crippen molar-refractivity contribution < 1.29 is 17.9 Å². The molecule has 0 aliphatic carbocycles. The minimum Gasteiger partial charge on any atom is -0.481 e. The zero-order valence-corrected chi connectivity index (χ0v) is 12.6. The fourth-order valence-electron chi connectivity index (χ4n) is 1.62. The third-order valence-electron chi connectivity index (χ3n) is 2.72. The van der Waals surface area contributed by atoms with Gasteiger partial charge in [0.15, 0.2) is 6.10 Å². The zero-order chi connectivity index (χ0) is 14.6. The van der Waals surface area contributed by atoms with Gasteiger partial charge < -0.3 is 10.1 Å². The van der Waals surface area contributed by atoms with Gasteiger partial charge in [0.25, 0.3) is 0 Å². The summed E-state index contributed by atoms with van der Waals surface area (Å²) in [5.74, 6) is 0.198. The van der Waals surface area contributed by atoms with Crippen LogP contribution in [0.5, 0.6) is 5.75 Å². The molecule has 0 fully saturated rings. The lowest BCUT2D eigenvalue weighted by atomic mass is 10.1. The molecular weight excluding hydrogens is 323 g/mol. The van der Waals surface area contributed by atoms with E-state index < -0.39 is 12.3 Å². The van der Waals surface area contributed by atoms with Gasteiger partial charge in [0.05, 0.1) is 0 Å². The molecule has 0 heterocycles. The third kappa shape index (κ3) is 4.69. The first-order valence-corrected chi connectivity index (χ1v) is 6.81. The summed E-state index contributed by atoms with van der Waals surface area (Å²) in [4.78, 5) is 0. The lowest BCUT2D eigenvalue weighted by Crippen LogP contribution is -2.31. The molecule has 19 heavy (non-hydrogen) atoms. The number of ether oxygens (including phenoxy) is 1. The monoisotopic (exact) mass is 339 g/mol. The van der Waals surface area contributed by atoms with E-state index in [0.717, 1.165) is 23.5 Å². The van der Waals surface area contributed by atoms with Crippen molar-refractivity contribution in [1.29, 1.82) is 0 Å². The number of rotatable bonds is 5. The summed E-state index contributed by atoms with van der Waals surface area (Å²) in [6.07, 6.45) is -6.18. The van der Waals surface area contributed by atoms with Gasteiger partial charge in [0.2, 0.25) is 0 Å². The molecule has 2 nitrogen and oxygen atoms in total. The van der Waals surface area contributed by atoms with Gasteiger partial charge in [-0.2, -0.15) is 13.2 Å². The number of halogens is 4. The second-order valence-corrected chi connectivity index (χ2v) is 5.12. The van der Waals surface area contributed by atoms with Crippen molar-refractivity contribution in [3.8, 4) is 5.75 Å². The quantitative estimate of drug-likeness (QED) is 0.855. The van der Waals surface area contributed by atoms with Gasteiger partial charge in [0, 0.05) is 10.5 Å². The Hall–Kier alpha value is -0.750. The molecule has 1 aromatic rings. The van der Waals surface area contributed by atoms with Crippen molar-refractivity contribution in [3.05, 3.63) is 28.2 Å². The average molecular weight is 340 g/mol. The van der Waals surface area contributed by atoms with E-state index in [0.29, 0.717) is 0 Å². The largest absolute Gasteiger partial charge is 0.481 e. The van der Waals surface area contributed by atoms with Crippen LogP contribution in [0.4, 0.5) is 13.2 Å². The molecule has 1 aromatic carbocycles. The third-order valence-corrected chi connectivity index (χ3v) is 3.41. The fourth-order valence-corrected chi connectivity index (χ4v) is 2.32. The summed E-state index contributed by atoms with van der Waals surface area (Å²) in [5, 5.41) is 3.24. The Balaban J connectivity index is 2.82. The van der Waals surface area contributed by atoms with Crippen molar-refractivity contribution in [2.24, 2.45) is 0 Å². The molecule has 2 atom stereocenters. The highest BCUT2D eigenvalue weighted by molar-refractivity contribution is 9.10. The molecule has 108 valence electrons. The van der Waals surface area contributed by atoms with E-state index in [1.807, 2.05) is 13.8 Å². The topological polar surface area (TPSA) is 21.3 Å². The molecule has 2 unspecified atom stereocenters. The maximum absolute atomic E-state index is 12.4. The molecule has 0 amide bonds. The molecule has 0 spiro atoms. The van der Waals surface area contributed by atoms with Crippen LogP contribution in [0.1, 0.15) is 32.4 Å². The summed E-state index contributed by atoms with van der Waals surface area (Å²) in [6, 6.07) is 4.99. The van der Waals surface area contributed by atoms with Gasteiger partial charge in [-0.3, -0.25) is 0 Å². The SMILES string of the molecule is CCNC(C)c1ccc(OC(C)C(F)(F)F)cc1Br. The van der Waals surface area contributed by atoms with Crippen LogP contribution in [0.25, 0.3) is 0 Å². The van der Waals surface area contributed by atoms with Gasteiger partial charge in [0.1, 0.15) is 5.75 Å². The van der Waals surface area contributed by atoms with Crippen LogP contribution >= 0.6 is 15.9 Å². The van der Waals surface area contributed by atoms with Crippen molar-refractivity contribution in [1.82, 2.24) is 5.32 Å². The lowest BCUT2D eigenvalue weighted by molar-refractivity contribution is -0.189. The molecule has 0 radical (unpaired) electrons. The number of hydrogen-bond donors (Lipinski definition) is 1. The molecule has 1 rings (SSSR count). The minimum atomic E-state index is -4.36. The first-order valence-electron chi connectivity index (χ1n) is 6.02. The molecule has 0 saturated heterocycles. The van der Waals surface area contributed by atoms with Crippen molar-refractivity contribution in [3.63, 3.8) is 0 Å². The molecule has 0 saturated carbocycles. The molecule has 0 aliphatic heterocycles. The normalized spacial score (nSPS) is 15.1. The van der Waals surface area contributed by atoms with E-state index in [-0.39, 0.29) is 11.8 Å². The number of alkyl halides is 3. The summed E-state index contributed by atoms with van der Waals surface area (Å²) in [5.41, 5.74) is 0.980. The van der Waals surface area contributed by atoms with E-state index in [9.17, 15) is 13.2 Å². The smallest absolute Gasteiger partial charge is 0.425 e. The van der Waals surface area contributed by atoms with Gasteiger partial charge in [-0.1, -0.05) is 28.9 Å². The fraction of sp³-hybridized carbons (Fsp3) is 0.538. The van der Waals surface area contributed by atoms with E-state index in [2.05, 4.69) is 21.2 Å². The lowest BCUT2D eigenvalue weighted by Gasteiger charge is -2.19. The second kappa shape index (κ2) is 6.61. The molecule has 0 bridgehead atoms. The first kappa shape index (κ1) is 16.3. The average Bonchev–Trinajstić information content (AvgIpc) is 2.27. The summed E-state index contributed by atoms with van der Waals surface area (Å²) in [6.45, 7) is 5.79.